The maximum atomic E-state index is 13.3. The van der Waals surface area contributed by atoms with E-state index in [9.17, 15) is 9.59 Å². The molecule has 0 bridgehead atoms. The second-order valence-electron chi connectivity index (χ2n) is 7.59. The van der Waals surface area contributed by atoms with Crippen LogP contribution in [0.2, 0.25) is 15.1 Å². The van der Waals surface area contributed by atoms with Crippen LogP contribution in [0, 0.1) is 5.92 Å². The van der Waals surface area contributed by atoms with Crippen LogP contribution in [-0.2, 0) is 22.6 Å². The quantitative estimate of drug-likeness (QED) is 0.507. The average Bonchev–Trinajstić information content (AvgIpc) is 2.70. The molecule has 2 amide bonds. The lowest BCUT2D eigenvalue weighted by molar-refractivity contribution is -0.141. The van der Waals surface area contributed by atoms with E-state index in [-0.39, 0.29) is 24.8 Å². The van der Waals surface area contributed by atoms with Crippen LogP contribution >= 0.6 is 34.8 Å². The molecule has 0 heterocycles. The SMILES string of the molecule is CC[C@@H](C(=O)NCC(C)C)N(Cc1c(Cl)cccc1Cl)C(=O)Cc1ccc(Cl)cc1. The third-order valence-electron chi connectivity index (χ3n) is 4.73. The normalized spacial score (nSPS) is 12.0. The molecule has 0 unspecified atom stereocenters. The third-order valence-corrected chi connectivity index (χ3v) is 5.69. The first-order valence-corrected chi connectivity index (χ1v) is 11.1. The van der Waals surface area contributed by atoms with E-state index >= 15 is 0 Å². The highest BCUT2D eigenvalue weighted by Gasteiger charge is 2.29. The molecule has 30 heavy (non-hydrogen) atoms. The van der Waals surface area contributed by atoms with Crippen LogP contribution in [0.15, 0.2) is 42.5 Å². The van der Waals surface area contributed by atoms with Crippen molar-refractivity contribution in [3.05, 3.63) is 68.7 Å². The number of hydrogen-bond donors (Lipinski definition) is 1. The lowest BCUT2D eigenvalue weighted by Gasteiger charge is -2.31. The molecule has 0 saturated heterocycles. The summed E-state index contributed by atoms with van der Waals surface area (Å²) in [5.74, 6) is -0.0543. The van der Waals surface area contributed by atoms with E-state index in [2.05, 4.69) is 5.32 Å². The zero-order chi connectivity index (χ0) is 22.3. The van der Waals surface area contributed by atoms with Gasteiger partial charge in [-0.05, 0) is 42.2 Å². The molecule has 2 rings (SSSR count). The number of nitrogens with one attached hydrogen (secondary N) is 1. The summed E-state index contributed by atoms with van der Waals surface area (Å²) in [7, 11) is 0. The van der Waals surface area contributed by atoms with Crippen molar-refractivity contribution >= 4 is 46.6 Å². The molecule has 7 heteroatoms. The number of nitrogens with zero attached hydrogens (tertiary/aromatic N) is 1. The maximum absolute atomic E-state index is 13.3. The van der Waals surface area contributed by atoms with Gasteiger partial charge in [0.2, 0.25) is 11.8 Å². The van der Waals surface area contributed by atoms with Crippen LogP contribution in [0.5, 0.6) is 0 Å². The van der Waals surface area contributed by atoms with Crippen LogP contribution < -0.4 is 5.32 Å². The first-order valence-electron chi connectivity index (χ1n) is 9.97. The monoisotopic (exact) mass is 468 g/mol. The summed E-state index contributed by atoms with van der Waals surface area (Å²) in [5, 5.41) is 4.47. The van der Waals surface area contributed by atoms with Gasteiger partial charge in [-0.15, -0.1) is 0 Å². The van der Waals surface area contributed by atoms with Crippen molar-refractivity contribution in [1.29, 1.82) is 0 Å². The van der Waals surface area contributed by atoms with Gasteiger partial charge in [0.25, 0.3) is 0 Å². The molecule has 162 valence electrons. The highest BCUT2D eigenvalue weighted by Crippen LogP contribution is 2.27. The molecule has 0 radical (unpaired) electrons. The molecule has 0 aliphatic heterocycles. The summed E-state index contributed by atoms with van der Waals surface area (Å²) in [5.41, 5.74) is 1.44. The van der Waals surface area contributed by atoms with Crippen molar-refractivity contribution in [2.24, 2.45) is 5.92 Å². The molecule has 1 atom stereocenters. The summed E-state index contributed by atoms with van der Waals surface area (Å²) < 4.78 is 0. The van der Waals surface area contributed by atoms with E-state index in [0.29, 0.717) is 39.5 Å². The van der Waals surface area contributed by atoms with E-state index in [0.717, 1.165) is 5.56 Å². The maximum Gasteiger partial charge on any atom is 0.242 e. The van der Waals surface area contributed by atoms with Gasteiger partial charge in [-0.1, -0.05) is 73.8 Å². The van der Waals surface area contributed by atoms with Gasteiger partial charge in [0.05, 0.1) is 6.42 Å². The molecular formula is C23H27Cl3N2O2. The Hall–Kier alpha value is -1.75. The second kappa shape index (κ2) is 11.6. The molecule has 0 spiro atoms. The predicted octanol–water partition coefficient (Wildman–Crippen LogP) is 5.77. The molecule has 0 fully saturated rings. The van der Waals surface area contributed by atoms with E-state index in [1.807, 2.05) is 20.8 Å². The van der Waals surface area contributed by atoms with Crippen molar-refractivity contribution < 1.29 is 9.59 Å². The van der Waals surface area contributed by atoms with Gasteiger partial charge in [-0.3, -0.25) is 9.59 Å². The molecule has 2 aromatic carbocycles. The fourth-order valence-corrected chi connectivity index (χ4v) is 3.72. The van der Waals surface area contributed by atoms with E-state index in [1.165, 1.54) is 0 Å². The highest BCUT2D eigenvalue weighted by molar-refractivity contribution is 6.36. The van der Waals surface area contributed by atoms with Crippen LogP contribution in [0.3, 0.4) is 0 Å². The van der Waals surface area contributed by atoms with Gasteiger partial charge >= 0.3 is 0 Å². The summed E-state index contributed by atoms with van der Waals surface area (Å²) in [4.78, 5) is 27.8. The number of carbonyl (C=O) groups excluding carboxylic acids is 2. The van der Waals surface area contributed by atoms with Gasteiger partial charge in [0, 0.05) is 33.7 Å². The van der Waals surface area contributed by atoms with Gasteiger partial charge < -0.3 is 10.2 Å². The smallest absolute Gasteiger partial charge is 0.242 e. The number of hydrogen-bond acceptors (Lipinski definition) is 2. The van der Waals surface area contributed by atoms with Crippen molar-refractivity contribution in [1.82, 2.24) is 10.2 Å². The number of halogens is 3. The summed E-state index contributed by atoms with van der Waals surface area (Å²) >= 11 is 18.6. The molecule has 0 saturated carbocycles. The first kappa shape index (κ1) is 24.5. The van der Waals surface area contributed by atoms with Gasteiger partial charge in [0.1, 0.15) is 6.04 Å². The van der Waals surface area contributed by atoms with Crippen molar-refractivity contribution in [2.45, 2.75) is 46.2 Å². The number of amides is 2. The zero-order valence-electron chi connectivity index (χ0n) is 17.4. The molecule has 0 aliphatic rings. The molecule has 2 aromatic rings. The van der Waals surface area contributed by atoms with Crippen molar-refractivity contribution in [3.63, 3.8) is 0 Å². The Bertz CT molecular complexity index is 849. The Morgan fingerprint density at radius 3 is 2.13 bits per heavy atom. The van der Waals surface area contributed by atoms with Crippen molar-refractivity contribution in [2.75, 3.05) is 6.54 Å². The standard InChI is InChI=1S/C23H27Cl3N2O2/c1-4-21(23(30)27-13-15(2)3)28(14-18-19(25)6-5-7-20(18)26)22(29)12-16-8-10-17(24)11-9-16/h5-11,15,21H,4,12-14H2,1-3H3,(H,27,30)/t21-/m0/s1. The minimum atomic E-state index is -0.629. The topological polar surface area (TPSA) is 49.4 Å². The van der Waals surface area contributed by atoms with E-state index < -0.39 is 6.04 Å². The minimum absolute atomic E-state index is 0.146. The molecule has 0 aliphatic carbocycles. The predicted molar refractivity (Wildman–Crippen MR) is 124 cm³/mol. The molecular weight excluding hydrogens is 443 g/mol. The third kappa shape index (κ3) is 6.90. The highest BCUT2D eigenvalue weighted by atomic mass is 35.5. The summed E-state index contributed by atoms with van der Waals surface area (Å²) in [6, 6.07) is 11.7. The Kier molecular flexibility index (Phi) is 9.47. The van der Waals surface area contributed by atoms with E-state index in [4.69, 9.17) is 34.8 Å². The summed E-state index contributed by atoms with van der Waals surface area (Å²) in [6.07, 6.45) is 0.617. The number of rotatable bonds is 9. The number of carbonyl (C=O) groups is 2. The Balaban J connectivity index is 2.33. The van der Waals surface area contributed by atoms with Crippen LogP contribution in [0.1, 0.15) is 38.3 Å². The average molecular weight is 470 g/mol. The molecule has 4 nitrogen and oxygen atoms in total. The van der Waals surface area contributed by atoms with Crippen LogP contribution in [-0.4, -0.2) is 29.3 Å². The lowest BCUT2D eigenvalue weighted by atomic mass is 10.1. The second-order valence-corrected chi connectivity index (χ2v) is 8.84. The first-order chi connectivity index (χ1) is 14.2. The van der Waals surface area contributed by atoms with Crippen LogP contribution in [0.4, 0.5) is 0 Å². The fraction of sp³-hybridized carbons (Fsp3) is 0.391. The number of benzene rings is 2. The molecule has 1 N–H and O–H groups in total. The minimum Gasteiger partial charge on any atom is -0.354 e. The van der Waals surface area contributed by atoms with Gasteiger partial charge in [0.15, 0.2) is 0 Å². The van der Waals surface area contributed by atoms with Gasteiger partial charge in [-0.2, -0.15) is 0 Å². The Labute approximate surface area is 193 Å². The zero-order valence-corrected chi connectivity index (χ0v) is 19.7. The Morgan fingerprint density at radius 1 is 1.00 bits per heavy atom. The lowest BCUT2D eigenvalue weighted by Crippen LogP contribution is -2.50. The van der Waals surface area contributed by atoms with Crippen molar-refractivity contribution in [3.8, 4) is 0 Å². The summed E-state index contributed by atoms with van der Waals surface area (Å²) in [6.45, 7) is 6.62. The molecule has 0 aromatic heterocycles. The van der Waals surface area contributed by atoms with Crippen LogP contribution in [0.25, 0.3) is 0 Å². The largest absolute Gasteiger partial charge is 0.354 e. The Morgan fingerprint density at radius 2 is 1.60 bits per heavy atom. The van der Waals surface area contributed by atoms with E-state index in [1.54, 1.807) is 47.4 Å². The fourth-order valence-electron chi connectivity index (χ4n) is 3.07. The van der Waals surface area contributed by atoms with Gasteiger partial charge in [-0.25, -0.2) is 0 Å².